The second-order valence-corrected chi connectivity index (χ2v) is 17.4. The molecule has 3 amide bonds. The van der Waals surface area contributed by atoms with Gasteiger partial charge in [-0.2, -0.15) is 0 Å². The number of halogens is 1. The number of amides is 3. The lowest BCUT2D eigenvalue weighted by Crippen LogP contribution is -2.46. The van der Waals surface area contributed by atoms with E-state index in [2.05, 4.69) is 5.32 Å². The number of aliphatic hydroxyl groups excluding tert-OH is 2. The van der Waals surface area contributed by atoms with Crippen LogP contribution in [0.15, 0.2) is 72.8 Å². The maximum Gasteiger partial charge on any atom is 0.264 e. The Morgan fingerprint density at radius 3 is 2.38 bits per heavy atom. The molecule has 2 heterocycles. The molecule has 0 unspecified atom stereocenters. The normalized spacial score (nSPS) is 22.8. The minimum absolute atomic E-state index is 0.0661. The summed E-state index contributed by atoms with van der Waals surface area (Å²) >= 11 is 6.51. The second kappa shape index (κ2) is 13.9. The van der Waals surface area contributed by atoms with Gasteiger partial charge in [0.2, 0.25) is 5.91 Å². The zero-order valence-corrected chi connectivity index (χ0v) is 28.8. The number of hydrogen-bond donors (Lipinski definition) is 4. The number of hydrogen-bond acceptors (Lipinski definition) is 7. The van der Waals surface area contributed by atoms with Gasteiger partial charge in [-0.15, -0.1) is 0 Å². The molecule has 1 fully saturated rings. The van der Waals surface area contributed by atoms with Gasteiger partial charge in [0.25, 0.3) is 11.8 Å². The zero-order chi connectivity index (χ0) is 34.1. The van der Waals surface area contributed by atoms with Gasteiger partial charge in [-0.25, -0.2) is 0 Å². The van der Waals surface area contributed by atoms with Crippen molar-refractivity contribution in [3.8, 4) is 0 Å². The van der Waals surface area contributed by atoms with E-state index >= 15 is 0 Å². The van der Waals surface area contributed by atoms with Crippen molar-refractivity contribution in [2.75, 3.05) is 23.4 Å². The average molecular weight is 680 g/mol. The summed E-state index contributed by atoms with van der Waals surface area (Å²) in [5.41, 5.74) is 1.50. The van der Waals surface area contributed by atoms with Crippen LogP contribution in [0.5, 0.6) is 0 Å². The van der Waals surface area contributed by atoms with Gasteiger partial charge >= 0.3 is 0 Å². The highest BCUT2D eigenvalue weighted by atomic mass is 35.5. The Morgan fingerprint density at radius 1 is 1.09 bits per heavy atom. The Bertz CT molecular complexity index is 1620. The lowest BCUT2D eigenvalue weighted by Gasteiger charge is -2.32. The number of fused-ring (bicyclic) bond motifs is 2. The number of ether oxygens (including phenoxy) is 1. The first kappa shape index (κ1) is 34.7. The van der Waals surface area contributed by atoms with Crippen LogP contribution in [0.1, 0.15) is 37.0 Å². The zero-order valence-electron chi connectivity index (χ0n) is 27.0. The van der Waals surface area contributed by atoms with Crippen LogP contribution in [0.4, 0.5) is 11.4 Å². The smallest absolute Gasteiger partial charge is 0.264 e. The van der Waals surface area contributed by atoms with Crippen LogP contribution in [-0.2, 0) is 37.8 Å². The SMILES string of the molecule is C[C@H](O)C(=O)Nc1ccc(CN2C(=O)[C@@]3(O[C@@H](CC(=O)N(CCO)Cc4ccccc4)[C@H]([Si](C)(C)O)[C@H]3C)c3cc(Cl)ccc32)cc1. The predicted molar refractivity (Wildman–Crippen MR) is 182 cm³/mol. The van der Waals surface area contributed by atoms with Crippen LogP contribution in [0.25, 0.3) is 0 Å². The topological polar surface area (TPSA) is 140 Å². The lowest BCUT2D eigenvalue weighted by atomic mass is 9.82. The highest BCUT2D eigenvalue weighted by molar-refractivity contribution is 6.71. The van der Waals surface area contributed by atoms with E-state index in [1.54, 1.807) is 65.4 Å². The van der Waals surface area contributed by atoms with Crippen molar-refractivity contribution >= 4 is 49.0 Å². The third kappa shape index (κ3) is 7.01. The van der Waals surface area contributed by atoms with Gasteiger partial charge in [0.15, 0.2) is 13.9 Å². The molecule has 5 atom stereocenters. The van der Waals surface area contributed by atoms with E-state index in [0.717, 1.165) is 11.1 Å². The van der Waals surface area contributed by atoms with Crippen molar-refractivity contribution in [1.82, 2.24) is 4.90 Å². The molecule has 12 heteroatoms. The first-order chi connectivity index (χ1) is 22.3. The Kier molecular flexibility index (Phi) is 10.3. The van der Waals surface area contributed by atoms with E-state index < -0.39 is 43.5 Å². The molecule has 1 spiro atoms. The van der Waals surface area contributed by atoms with Crippen molar-refractivity contribution in [2.45, 2.75) is 69.8 Å². The summed E-state index contributed by atoms with van der Waals surface area (Å²) in [5.74, 6) is -1.55. The van der Waals surface area contributed by atoms with E-state index in [1.807, 2.05) is 37.3 Å². The van der Waals surface area contributed by atoms with Crippen molar-refractivity contribution in [1.29, 1.82) is 0 Å². The molecular weight excluding hydrogens is 638 g/mol. The fourth-order valence-electron chi connectivity index (χ4n) is 7.05. The minimum Gasteiger partial charge on any atom is -0.432 e. The summed E-state index contributed by atoms with van der Waals surface area (Å²) in [4.78, 5) is 55.2. The summed E-state index contributed by atoms with van der Waals surface area (Å²) in [5, 5.41) is 22.3. The van der Waals surface area contributed by atoms with E-state index in [-0.39, 0.29) is 37.9 Å². The number of anilines is 2. The number of nitrogens with zero attached hydrogens (tertiary/aromatic N) is 2. The van der Waals surface area contributed by atoms with Crippen molar-refractivity contribution in [3.63, 3.8) is 0 Å². The van der Waals surface area contributed by atoms with E-state index in [0.29, 0.717) is 28.5 Å². The highest BCUT2D eigenvalue weighted by Gasteiger charge is 2.66. The maximum atomic E-state index is 14.7. The number of aliphatic hydroxyl groups is 2. The van der Waals surface area contributed by atoms with Gasteiger partial charge in [-0.3, -0.25) is 14.4 Å². The highest BCUT2D eigenvalue weighted by Crippen LogP contribution is 2.60. The molecule has 3 aromatic rings. The molecule has 1 saturated heterocycles. The van der Waals surface area contributed by atoms with E-state index in [1.165, 1.54) is 6.92 Å². The molecule has 4 N–H and O–H groups in total. The first-order valence-electron chi connectivity index (χ1n) is 15.8. The first-order valence-corrected chi connectivity index (χ1v) is 19.2. The predicted octanol–water partition coefficient (Wildman–Crippen LogP) is 4.42. The molecule has 3 aromatic carbocycles. The molecule has 0 bridgehead atoms. The number of benzene rings is 3. The molecule has 0 aromatic heterocycles. The summed E-state index contributed by atoms with van der Waals surface area (Å²) in [6.07, 6.45) is -1.97. The Balaban J connectivity index is 1.46. The van der Waals surface area contributed by atoms with Gasteiger partial charge in [-0.1, -0.05) is 61.0 Å². The maximum absolute atomic E-state index is 14.7. The summed E-state index contributed by atoms with van der Waals surface area (Å²) < 4.78 is 6.80. The van der Waals surface area contributed by atoms with Gasteiger partial charge in [0.1, 0.15) is 6.10 Å². The molecular formula is C35H42ClN3O7Si. The van der Waals surface area contributed by atoms with Crippen LogP contribution in [-0.4, -0.2) is 71.3 Å². The largest absolute Gasteiger partial charge is 0.432 e. The van der Waals surface area contributed by atoms with Gasteiger partial charge in [-0.05, 0) is 61.5 Å². The Labute approximate surface area is 281 Å². The molecule has 0 saturated carbocycles. The second-order valence-electron chi connectivity index (χ2n) is 13.0. The fraction of sp³-hybridized carbons (Fsp3) is 0.400. The number of carbonyl (C=O) groups is 3. The minimum atomic E-state index is -3.03. The molecule has 10 nitrogen and oxygen atoms in total. The van der Waals surface area contributed by atoms with Gasteiger partial charge < -0.3 is 34.9 Å². The van der Waals surface area contributed by atoms with Crippen LogP contribution in [0.2, 0.25) is 23.7 Å². The average Bonchev–Trinajstić information content (AvgIpc) is 3.44. The molecule has 0 radical (unpaired) electrons. The standard InChI is InChI=1S/C35H42ClN3O7Si/c1-22-32(47(3,4)45)30(19-31(42)38(16-17-40)20-24-8-6-5-7-9-24)46-35(22)28-18-26(36)12-15-29(28)39(34(35)44)21-25-10-13-27(14-11-25)37-33(43)23(2)41/h5-15,18,22-23,30,32,40-41,45H,16-17,19-21H2,1-4H3,(H,37,43)/t22-,23+,30+,32-,35+/m1/s1. The Morgan fingerprint density at radius 2 is 1.77 bits per heavy atom. The van der Waals surface area contributed by atoms with Crippen molar-refractivity contribution in [2.24, 2.45) is 5.92 Å². The fourth-order valence-corrected chi connectivity index (χ4v) is 9.77. The molecule has 2 aliphatic rings. The van der Waals surface area contributed by atoms with E-state index in [9.17, 15) is 29.4 Å². The van der Waals surface area contributed by atoms with Crippen molar-refractivity contribution in [3.05, 3.63) is 94.5 Å². The van der Waals surface area contributed by atoms with Crippen LogP contribution < -0.4 is 10.2 Å². The summed E-state index contributed by atoms with van der Waals surface area (Å²) in [6, 6.07) is 21.7. The summed E-state index contributed by atoms with van der Waals surface area (Å²) in [7, 11) is -3.03. The summed E-state index contributed by atoms with van der Waals surface area (Å²) in [6.45, 7) is 7.34. The Hall–Kier alpha value is -3.58. The molecule has 2 aliphatic heterocycles. The van der Waals surface area contributed by atoms with Gasteiger partial charge in [0, 0.05) is 40.8 Å². The van der Waals surface area contributed by atoms with Gasteiger partial charge in [0.05, 0.1) is 31.4 Å². The van der Waals surface area contributed by atoms with Crippen molar-refractivity contribution < 1.29 is 34.1 Å². The number of rotatable bonds is 11. The van der Waals surface area contributed by atoms with Crippen LogP contribution in [0.3, 0.4) is 0 Å². The molecule has 0 aliphatic carbocycles. The van der Waals surface area contributed by atoms with E-state index in [4.69, 9.17) is 16.3 Å². The lowest BCUT2D eigenvalue weighted by molar-refractivity contribution is -0.150. The number of carbonyl (C=O) groups excluding carboxylic acids is 3. The molecule has 250 valence electrons. The third-order valence-corrected chi connectivity index (χ3v) is 11.9. The van der Waals surface area contributed by atoms with Crippen LogP contribution in [0, 0.1) is 5.92 Å². The molecule has 5 rings (SSSR count). The quantitative estimate of drug-likeness (QED) is 0.220. The monoisotopic (exact) mass is 679 g/mol. The molecule has 47 heavy (non-hydrogen) atoms. The number of nitrogens with one attached hydrogen (secondary N) is 1. The van der Waals surface area contributed by atoms with Crippen LogP contribution >= 0.6 is 11.6 Å². The third-order valence-electron chi connectivity index (χ3n) is 9.20.